The van der Waals surface area contributed by atoms with Gasteiger partial charge in [-0.25, -0.2) is 4.98 Å². The van der Waals surface area contributed by atoms with E-state index in [2.05, 4.69) is 9.97 Å². The predicted octanol–water partition coefficient (Wildman–Crippen LogP) is -1.40. The number of H-pyrrole nitrogens is 1. The number of rotatable bonds is 1. The van der Waals surface area contributed by atoms with Crippen LogP contribution in [0.25, 0.3) is 10.9 Å². The molecule has 1 aromatic heterocycles. The van der Waals surface area contributed by atoms with Crippen molar-refractivity contribution >= 4 is 23.7 Å². The first-order valence-electron chi connectivity index (χ1n) is 4.03. The van der Waals surface area contributed by atoms with Crippen molar-refractivity contribution in [1.29, 1.82) is 0 Å². The van der Waals surface area contributed by atoms with Crippen LogP contribution in [0.2, 0.25) is 0 Å². The highest BCUT2D eigenvalue weighted by Crippen LogP contribution is 2.02. The Morgan fingerprint density at radius 3 is 2.71 bits per heavy atom. The number of hydrogen-bond donors (Lipinski definition) is 3. The summed E-state index contributed by atoms with van der Waals surface area (Å²) in [6.45, 7) is 0. The third-order valence-corrected chi connectivity index (χ3v) is 1.88. The highest BCUT2D eigenvalue weighted by atomic mass is 16.4. The molecule has 70 valence electrons. The molecule has 5 nitrogen and oxygen atoms in total. The van der Waals surface area contributed by atoms with E-state index in [0.29, 0.717) is 10.9 Å². The fraction of sp³-hybridized carbons (Fsp3) is 0. The second kappa shape index (κ2) is 3.24. The lowest BCUT2D eigenvalue weighted by atomic mass is 9.90. The minimum Gasteiger partial charge on any atom is -0.421 e. The lowest BCUT2D eigenvalue weighted by Crippen LogP contribution is -2.39. The zero-order valence-corrected chi connectivity index (χ0v) is 7.14. The lowest BCUT2D eigenvalue weighted by molar-refractivity contribution is 0.422. The minimum atomic E-state index is -1.76. The molecule has 0 fully saturated rings. The summed E-state index contributed by atoms with van der Waals surface area (Å²) in [6, 6.07) is 6.70. The largest absolute Gasteiger partial charge is 0.526 e. The van der Waals surface area contributed by atoms with Gasteiger partial charge in [0, 0.05) is 0 Å². The van der Waals surface area contributed by atoms with E-state index in [1.807, 2.05) is 0 Å². The van der Waals surface area contributed by atoms with Gasteiger partial charge in [-0.1, -0.05) is 12.1 Å². The van der Waals surface area contributed by atoms with Crippen molar-refractivity contribution in [3.8, 4) is 0 Å². The van der Waals surface area contributed by atoms with Gasteiger partial charge in [0.2, 0.25) is 0 Å². The maximum absolute atomic E-state index is 11.4. The normalized spacial score (nSPS) is 10.4. The molecule has 0 bridgehead atoms. The van der Waals surface area contributed by atoms with Crippen LogP contribution in [0.15, 0.2) is 29.1 Å². The van der Waals surface area contributed by atoms with Gasteiger partial charge in [-0.3, -0.25) is 4.79 Å². The average molecular weight is 190 g/mol. The van der Waals surface area contributed by atoms with E-state index < -0.39 is 7.12 Å². The zero-order chi connectivity index (χ0) is 10.1. The molecule has 14 heavy (non-hydrogen) atoms. The number of benzene rings is 1. The minimum absolute atomic E-state index is 0.145. The van der Waals surface area contributed by atoms with Gasteiger partial charge in [0.15, 0.2) is 0 Å². The first-order chi connectivity index (χ1) is 6.68. The summed E-state index contributed by atoms with van der Waals surface area (Å²) in [7, 11) is -1.76. The molecule has 3 N–H and O–H groups in total. The Bertz CT molecular complexity index is 523. The quantitative estimate of drug-likeness (QED) is 0.483. The molecule has 0 saturated heterocycles. The molecule has 0 atom stereocenters. The number of aromatic nitrogens is 2. The van der Waals surface area contributed by atoms with Gasteiger partial charge >= 0.3 is 7.12 Å². The number of nitrogens with zero attached hydrogens (tertiary/aromatic N) is 1. The molecule has 0 spiro atoms. The number of hydrogen-bond acceptors (Lipinski definition) is 4. The third-order valence-electron chi connectivity index (χ3n) is 1.88. The molecule has 0 unspecified atom stereocenters. The Balaban J connectivity index is 2.79. The van der Waals surface area contributed by atoms with E-state index in [4.69, 9.17) is 10.0 Å². The predicted molar refractivity (Wildman–Crippen MR) is 52.2 cm³/mol. The monoisotopic (exact) mass is 190 g/mol. The van der Waals surface area contributed by atoms with Gasteiger partial charge < -0.3 is 15.0 Å². The van der Waals surface area contributed by atoms with Crippen molar-refractivity contribution in [3.63, 3.8) is 0 Å². The number of aromatic amines is 1. The molecular weight excluding hydrogens is 183 g/mol. The van der Waals surface area contributed by atoms with Crippen LogP contribution < -0.4 is 11.3 Å². The Kier molecular flexibility index (Phi) is 2.07. The second-order valence-electron chi connectivity index (χ2n) is 2.84. The molecule has 0 aliphatic heterocycles. The molecule has 0 saturated carbocycles. The maximum Gasteiger partial charge on any atom is 0.526 e. The summed E-state index contributed by atoms with van der Waals surface area (Å²) in [5, 5.41) is 18.1. The first kappa shape index (κ1) is 8.92. The summed E-state index contributed by atoms with van der Waals surface area (Å²) in [5.74, 6) is 0. The average Bonchev–Trinajstić information content (AvgIpc) is 2.17. The van der Waals surface area contributed by atoms with Crippen molar-refractivity contribution < 1.29 is 10.0 Å². The van der Waals surface area contributed by atoms with E-state index in [1.165, 1.54) is 0 Å². The Morgan fingerprint density at radius 2 is 2.00 bits per heavy atom. The van der Waals surface area contributed by atoms with E-state index in [1.54, 1.807) is 24.3 Å². The van der Waals surface area contributed by atoms with Gasteiger partial charge in [-0.15, -0.1) is 0 Å². The highest BCUT2D eigenvalue weighted by molar-refractivity contribution is 6.56. The van der Waals surface area contributed by atoms with Crippen molar-refractivity contribution in [2.24, 2.45) is 0 Å². The molecular formula is C8H7BN2O3. The summed E-state index contributed by atoms with van der Waals surface area (Å²) < 4.78 is 0. The molecule has 0 amide bonds. The topological polar surface area (TPSA) is 86.2 Å². The first-order valence-corrected chi connectivity index (χ1v) is 4.03. The van der Waals surface area contributed by atoms with Crippen LogP contribution in [-0.4, -0.2) is 27.1 Å². The number of fused-ring (bicyclic) bond motifs is 1. The van der Waals surface area contributed by atoms with Crippen LogP contribution in [0.3, 0.4) is 0 Å². The Labute approximate surface area is 79.2 Å². The van der Waals surface area contributed by atoms with E-state index in [9.17, 15) is 4.79 Å². The van der Waals surface area contributed by atoms with Gasteiger partial charge in [-0.2, -0.15) is 0 Å². The Hall–Kier alpha value is -1.66. The van der Waals surface area contributed by atoms with Crippen LogP contribution in [0.4, 0.5) is 0 Å². The lowest BCUT2D eigenvalue weighted by Gasteiger charge is -2.00. The van der Waals surface area contributed by atoms with Gasteiger partial charge in [0.1, 0.15) is 5.72 Å². The zero-order valence-electron chi connectivity index (χ0n) is 7.14. The van der Waals surface area contributed by atoms with Crippen LogP contribution in [0.1, 0.15) is 0 Å². The highest BCUT2D eigenvalue weighted by Gasteiger charge is 2.15. The van der Waals surface area contributed by atoms with Crippen molar-refractivity contribution in [3.05, 3.63) is 34.6 Å². The molecule has 2 aromatic rings. The SMILES string of the molecule is O=c1[nH]c(B(O)O)nc2ccccc12. The van der Waals surface area contributed by atoms with Gasteiger partial charge in [0.25, 0.3) is 5.56 Å². The summed E-state index contributed by atoms with van der Waals surface area (Å²) >= 11 is 0. The smallest absolute Gasteiger partial charge is 0.421 e. The fourth-order valence-corrected chi connectivity index (χ4v) is 1.23. The van der Waals surface area contributed by atoms with Crippen LogP contribution in [0, 0.1) is 0 Å². The van der Waals surface area contributed by atoms with Crippen LogP contribution in [0.5, 0.6) is 0 Å². The van der Waals surface area contributed by atoms with E-state index in [-0.39, 0.29) is 11.3 Å². The van der Waals surface area contributed by atoms with Crippen molar-refractivity contribution in [2.75, 3.05) is 0 Å². The second-order valence-corrected chi connectivity index (χ2v) is 2.84. The van der Waals surface area contributed by atoms with Gasteiger partial charge in [0.05, 0.1) is 10.9 Å². The summed E-state index contributed by atoms with van der Waals surface area (Å²) in [5.41, 5.74) is -0.0771. The standard InChI is InChI=1S/C8H7BN2O3/c12-7-5-3-1-2-4-6(5)10-8(11-7)9(13)14/h1-4,13-14H,(H,10,11,12). The molecule has 1 aromatic carbocycles. The van der Waals surface area contributed by atoms with E-state index >= 15 is 0 Å². The molecule has 0 aliphatic rings. The molecule has 6 heteroatoms. The summed E-state index contributed by atoms with van der Waals surface area (Å²) in [4.78, 5) is 17.5. The molecule has 2 rings (SSSR count). The van der Waals surface area contributed by atoms with Gasteiger partial charge in [-0.05, 0) is 12.1 Å². The number of nitrogens with one attached hydrogen (secondary N) is 1. The van der Waals surface area contributed by atoms with Crippen molar-refractivity contribution in [2.45, 2.75) is 0 Å². The molecule has 0 radical (unpaired) electrons. The third kappa shape index (κ3) is 1.41. The molecule has 1 heterocycles. The van der Waals surface area contributed by atoms with Crippen LogP contribution >= 0.6 is 0 Å². The van der Waals surface area contributed by atoms with E-state index in [0.717, 1.165) is 0 Å². The molecule has 0 aliphatic carbocycles. The fourth-order valence-electron chi connectivity index (χ4n) is 1.23. The summed E-state index contributed by atoms with van der Waals surface area (Å²) in [6.07, 6.45) is 0. The van der Waals surface area contributed by atoms with Crippen LogP contribution in [-0.2, 0) is 0 Å². The maximum atomic E-state index is 11.4. The Morgan fingerprint density at radius 1 is 1.29 bits per heavy atom. The van der Waals surface area contributed by atoms with Crippen molar-refractivity contribution in [1.82, 2.24) is 9.97 Å². The number of para-hydroxylation sites is 1.